The summed E-state index contributed by atoms with van der Waals surface area (Å²) < 4.78 is 7.60. The van der Waals surface area contributed by atoms with Gasteiger partial charge in [-0.2, -0.15) is 0 Å². The van der Waals surface area contributed by atoms with Crippen molar-refractivity contribution in [3.63, 3.8) is 0 Å². The van der Waals surface area contributed by atoms with Crippen molar-refractivity contribution in [3.05, 3.63) is 29.3 Å². The smallest absolute Gasteiger partial charge is 0.234 e. The lowest BCUT2D eigenvalue weighted by Gasteiger charge is -2.36. The van der Waals surface area contributed by atoms with E-state index in [1.165, 1.54) is 0 Å². The van der Waals surface area contributed by atoms with E-state index in [2.05, 4.69) is 34.8 Å². The summed E-state index contributed by atoms with van der Waals surface area (Å²) in [5, 5.41) is 9.26. The number of imidazole rings is 1. The SMILES string of the molecule is Cc1cc(C)n2cc(CN3CC(CO)OCC3C)nc2n1. The van der Waals surface area contributed by atoms with Gasteiger partial charge in [-0.05, 0) is 26.8 Å². The van der Waals surface area contributed by atoms with Crippen LogP contribution in [-0.2, 0) is 11.3 Å². The van der Waals surface area contributed by atoms with E-state index >= 15 is 0 Å². The van der Waals surface area contributed by atoms with Crippen LogP contribution in [0.2, 0.25) is 0 Å². The van der Waals surface area contributed by atoms with Crippen molar-refractivity contribution in [2.24, 2.45) is 0 Å². The molecular weight excluding hydrogens is 268 g/mol. The molecule has 0 saturated carbocycles. The standard InChI is InChI=1S/C15H22N4O2/c1-10-4-11(2)19-6-13(17-15(19)16-10)5-18-7-14(8-20)21-9-12(18)3/h4,6,12,14,20H,5,7-9H2,1-3H3. The van der Waals surface area contributed by atoms with Gasteiger partial charge in [0, 0.05) is 36.7 Å². The Morgan fingerprint density at radius 2 is 2.19 bits per heavy atom. The Hall–Kier alpha value is -1.50. The second-order valence-electron chi connectivity index (χ2n) is 5.86. The van der Waals surface area contributed by atoms with Crippen molar-refractivity contribution in [3.8, 4) is 0 Å². The Kier molecular flexibility index (Phi) is 3.93. The minimum absolute atomic E-state index is 0.0637. The van der Waals surface area contributed by atoms with Gasteiger partial charge < -0.3 is 9.84 Å². The highest BCUT2D eigenvalue weighted by Crippen LogP contribution is 2.16. The van der Waals surface area contributed by atoms with E-state index in [-0.39, 0.29) is 12.7 Å². The first-order valence-corrected chi connectivity index (χ1v) is 7.35. The quantitative estimate of drug-likeness (QED) is 0.911. The highest BCUT2D eigenvalue weighted by atomic mass is 16.5. The van der Waals surface area contributed by atoms with Crippen LogP contribution in [-0.4, -0.2) is 56.3 Å². The van der Waals surface area contributed by atoms with Gasteiger partial charge in [0.25, 0.3) is 0 Å². The van der Waals surface area contributed by atoms with Crippen LogP contribution in [0.15, 0.2) is 12.3 Å². The van der Waals surface area contributed by atoms with Gasteiger partial charge in [-0.15, -0.1) is 0 Å². The number of rotatable bonds is 3. The van der Waals surface area contributed by atoms with Gasteiger partial charge in [0.2, 0.25) is 5.78 Å². The van der Waals surface area contributed by atoms with Crippen molar-refractivity contribution in [1.29, 1.82) is 0 Å². The number of hydrogen-bond acceptors (Lipinski definition) is 5. The van der Waals surface area contributed by atoms with Crippen LogP contribution in [0.1, 0.15) is 24.0 Å². The van der Waals surface area contributed by atoms with E-state index in [0.717, 1.165) is 35.9 Å². The zero-order valence-corrected chi connectivity index (χ0v) is 12.8. The van der Waals surface area contributed by atoms with Crippen molar-refractivity contribution < 1.29 is 9.84 Å². The maximum absolute atomic E-state index is 9.26. The molecule has 1 aliphatic rings. The molecule has 2 aromatic heterocycles. The van der Waals surface area contributed by atoms with Gasteiger partial charge in [-0.1, -0.05) is 0 Å². The molecule has 1 aliphatic heterocycles. The average Bonchev–Trinajstić information content (AvgIpc) is 2.84. The normalized spacial score (nSPS) is 23.8. The van der Waals surface area contributed by atoms with Crippen LogP contribution in [0.5, 0.6) is 0 Å². The van der Waals surface area contributed by atoms with E-state index in [4.69, 9.17) is 4.74 Å². The molecule has 2 atom stereocenters. The topological polar surface area (TPSA) is 62.9 Å². The largest absolute Gasteiger partial charge is 0.394 e. The number of aryl methyl sites for hydroxylation is 2. The minimum Gasteiger partial charge on any atom is -0.394 e. The molecule has 3 rings (SSSR count). The van der Waals surface area contributed by atoms with Gasteiger partial charge in [0.15, 0.2) is 0 Å². The predicted octanol–water partition coefficient (Wildman–Crippen LogP) is 0.928. The molecule has 0 aromatic carbocycles. The molecule has 0 bridgehead atoms. The van der Waals surface area contributed by atoms with Gasteiger partial charge >= 0.3 is 0 Å². The molecule has 0 radical (unpaired) electrons. The first kappa shape index (κ1) is 14.4. The summed E-state index contributed by atoms with van der Waals surface area (Å²) in [5.41, 5.74) is 3.12. The third-order valence-electron chi connectivity index (χ3n) is 4.01. The maximum atomic E-state index is 9.26. The Balaban J connectivity index is 1.82. The fourth-order valence-corrected chi connectivity index (χ4v) is 2.81. The Morgan fingerprint density at radius 1 is 1.38 bits per heavy atom. The molecule has 2 aromatic rings. The maximum Gasteiger partial charge on any atom is 0.234 e. The Labute approximate surface area is 124 Å². The third-order valence-corrected chi connectivity index (χ3v) is 4.01. The number of fused-ring (bicyclic) bond motifs is 1. The Morgan fingerprint density at radius 3 is 2.95 bits per heavy atom. The van der Waals surface area contributed by atoms with E-state index in [1.807, 2.05) is 17.5 Å². The summed E-state index contributed by atoms with van der Waals surface area (Å²) in [4.78, 5) is 11.4. The molecule has 6 nitrogen and oxygen atoms in total. The fourth-order valence-electron chi connectivity index (χ4n) is 2.81. The highest BCUT2D eigenvalue weighted by molar-refractivity contribution is 5.34. The average molecular weight is 290 g/mol. The highest BCUT2D eigenvalue weighted by Gasteiger charge is 2.26. The van der Waals surface area contributed by atoms with Gasteiger partial charge in [0.1, 0.15) is 0 Å². The Bertz CT molecular complexity index is 640. The third kappa shape index (κ3) is 2.92. The van der Waals surface area contributed by atoms with Crippen LogP contribution in [0.4, 0.5) is 0 Å². The molecule has 1 N–H and O–H groups in total. The number of aromatic nitrogens is 3. The lowest BCUT2D eigenvalue weighted by molar-refractivity contribution is -0.0808. The summed E-state index contributed by atoms with van der Waals surface area (Å²) >= 11 is 0. The molecule has 0 aliphatic carbocycles. The van der Waals surface area contributed by atoms with Crippen LogP contribution in [0, 0.1) is 13.8 Å². The fraction of sp³-hybridized carbons (Fsp3) is 0.600. The number of hydrogen-bond donors (Lipinski definition) is 1. The summed E-state index contributed by atoms with van der Waals surface area (Å²) in [6.45, 7) is 8.38. The summed E-state index contributed by atoms with van der Waals surface area (Å²) in [6.07, 6.45) is 1.95. The van der Waals surface area contributed by atoms with Gasteiger partial charge in [-0.3, -0.25) is 9.30 Å². The molecule has 0 amide bonds. The predicted molar refractivity (Wildman–Crippen MR) is 79.2 cm³/mol. The monoisotopic (exact) mass is 290 g/mol. The molecule has 3 heterocycles. The lowest BCUT2D eigenvalue weighted by Crippen LogP contribution is -2.48. The molecule has 1 fully saturated rings. The van der Waals surface area contributed by atoms with Crippen molar-refractivity contribution in [1.82, 2.24) is 19.3 Å². The summed E-state index contributed by atoms with van der Waals surface area (Å²) in [7, 11) is 0. The van der Waals surface area contributed by atoms with Crippen LogP contribution in [0.25, 0.3) is 5.78 Å². The molecule has 1 saturated heterocycles. The summed E-state index contributed by atoms with van der Waals surface area (Å²) in [5.74, 6) is 0.752. The number of aliphatic hydroxyl groups excluding tert-OH is 1. The number of nitrogens with zero attached hydrogens (tertiary/aromatic N) is 4. The molecule has 114 valence electrons. The number of morpholine rings is 1. The van der Waals surface area contributed by atoms with Crippen LogP contribution < -0.4 is 0 Å². The summed E-state index contributed by atoms with van der Waals surface area (Å²) in [6, 6.07) is 2.38. The number of aliphatic hydroxyl groups is 1. The first-order valence-electron chi connectivity index (χ1n) is 7.35. The minimum atomic E-state index is -0.0969. The van der Waals surface area contributed by atoms with E-state index < -0.39 is 0 Å². The van der Waals surface area contributed by atoms with Crippen LogP contribution >= 0.6 is 0 Å². The molecule has 6 heteroatoms. The van der Waals surface area contributed by atoms with E-state index in [0.29, 0.717) is 12.6 Å². The zero-order chi connectivity index (χ0) is 15.0. The first-order chi connectivity index (χ1) is 10.1. The molecule has 2 unspecified atom stereocenters. The van der Waals surface area contributed by atoms with Crippen molar-refractivity contribution in [2.75, 3.05) is 19.8 Å². The molecule has 0 spiro atoms. The van der Waals surface area contributed by atoms with E-state index in [9.17, 15) is 5.11 Å². The molecule has 21 heavy (non-hydrogen) atoms. The van der Waals surface area contributed by atoms with Gasteiger partial charge in [-0.25, -0.2) is 9.97 Å². The number of ether oxygens (including phenoxy) is 1. The van der Waals surface area contributed by atoms with Crippen molar-refractivity contribution in [2.45, 2.75) is 39.5 Å². The molecular formula is C15H22N4O2. The second kappa shape index (κ2) is 5.71. The van der Waals surface area contributed by atoms with Crippen LogP contribution in [0.3, 0.4) is 0 Å². The van der Waals surface area contributed by atoms with Crippen molar-refractivity contribution >= 4 is 5.78 Å². The zero-order valence-electron chi connectivity index (χ0n) is 12.8. The van der Waals surface area contributed by atoms with Gasteiger partial charge in [0.05, 0.1) is 25.0 Å². The second-order valence-corrected chi connectivity index (χ2v) is 5.86. The van der Waals surface area contributed by atoms with E-state index in [1.54, 1.807) is 0 Å². The lowest BCUT2D eigenvalue weighted by atomic mass is 10.2.